The highest BCUT2D eigenvalue weighted by molar-refractivity contribution is 7.91. The normalized spacial score (nSPS) is 11.6. The summed E-state index contributed by atoms with van der Waals surface area (Å²) in [4.78, 5) is 13.1. The molecule has 0 aromatic heterocycles. The second kappa shape index (κ2) is 11.8. The van der Waals surface area contributed by atoms with Crippen molar-refractivity contribution in [3.05, 3.63) is 114 Å². The van der Waals surface area contributed by atoms with Crippen molar-refractivity contribution in [1.29, 1.82) is 0 Å². The van der Waals surface area contributed by atoms with E-state index in [4.69, 9.17) is 4.74 Å². The molecular weight excluding hydrogens is 534 g/mol. The fraction of sp³-hybridized carbons (Fsp3) is 0.167. The number of aryl methyl sites for hydroxylation is 2. The van der Waals surface area contributed by atoms with Crippen molar-refractivity contribution in [2.45, 2.75) is 29.6 Å². The van der Waals surface area contributed by atoms with Crippen LogP contribution in [0.4, 0.5) is 0 Å². The van der Waals surface area contributed by atoms with E-state index < -0.39 is 25.8 Å². The first-order chi connectivity index (χ1) is 18.6. The second-order valence-electron chi connectivity index (χ2n) is 8.96. The molecule has 39 heavy (non-hydrogen) atoms. The average molecular weight is 564 g/mol. The Morgan fingerprint density at radius 3 is 2.08 bits per heavy atom. The third-order valence-corrected chi connectivity index (χ3v) is 8.64. The molecule has 0 atom stereocenters. The molecular formula is C30H29NO6S2. The largest absolute Gasteiger partial charge is 0.493 e. The van der Waals surface area contributed by atoms with E-state index in [9.17, 15) is 21.6 Å². The number of hydrogen-bond donors (Lipinski definition) is 1. The predicted octanol–water partition coefficient (Wildman–Crippen LogP) is 5.06. The van der Waals surface area contributed by atoms with Crippen LogP contribution in [0.3, 0.4) is 0 Å². The van der Waals surface area contributed by atoms with Gasteiger partial charge in [0.1, 0.15) is 5.75 Å². The Bertz CT molecular complexity index is 1680. The summed E-state index contributed by atoms with van der Waals surface area (Å²) in [5.74, 6) is -0.0544. The van der Waals surface area contributed by atoms with Gasteiger partial charge in [-0.3, -0.25) is 4.79 Å². The summed E-state index contributed by atoms with van der Waals surface area (Å²) in [5.41, 5.74) is 3.72. The van der Waals surface area contributed by atoms with Crippen LogP contribution in [0.15, 0.2) is 107 Å². The smallest absolute Gasteiger partial charge is 0.265 e. The van der Waals surface area contributed by atoms with Crippen LogP contribution in [-0.2, 0) is 32.7 Å². The van der Waals surface area contributed by atoms with E-state index in [2.05, 4.69) is 4.72 Å². The molecule has 0 saturated heterocycles. The Morgan fingerprint density at radius 1 is 0.769 bits per heavy atom. The van der Waals surface area contributed by atoms with Crippen LogP contribution in [-0.4, -0.2) is 35.6 Å². The van der Waals surface area contributed by atoms with Crippen molar-refractivity contribution in [3.8, 4) is 16.9 Å². The van der Waals surface area contributed by atoms with Gasteiger partial charge >= 0.3 is 0 Å². The molecule has 0 fully saturated rings. The summed E-state index contributed by atoms with van der Waals surface area (Å²) in [6, 6.07) is 27.4. The Labute approximate surface area is 229 Å². The molecule has 202 valence electrons. The lowest BCUT2D eigenvalue weighted by Crippen LogP contribution is -2.31. The minimum absolute atomic E-state index is 0.0149. The molecule has 0 aliphatic rings. The number of amides is 1. The third kappa shape index (κ3) is 6.93. The molecule has 1 amide bonds. The maximum atomic E-state index is 13.3. The predicted molar refractivity (Wildman–Crippen MR) is 151 cm³/mol. The van der Waals surface area contributed by atoms with Gasteiger partial charge in [0.2, 0.25) is 0 Å². The average Bonchev–Trinajstić information content (AvgIpc) is 2.92. The van der Waals surface area contributed by atoms with Crippen LogP contribution in [0, 0.1) is 0 Å². The Kier molecular flexibility index (Phi) is 8.52. The molecule has 0 unspecified atom stereocenters. The molecule has 4 aromatic rings. The molecule has 0 radical (unpaired) electrons. The van der Waals surface area contributed by atoms with Crippen molar-refractivity contribution in [2.75, 3.05) is 12.9 Å². The lowest BCUT2D eigenvalue weighted by atomic mass is 9.94. The minimum atomic E-state index is -4.24. The summed E-state index contributed by atoms with van der Waals surface area (Å²) in [5, 5.41) is 0. The number of para-hydroxylation sites is 1. The molecule has 0 bridgehead atoms. The van der Waals surface area contributed by atoms with Crippen molar-refractivity contribution < 1.29 is 26.4 Å². The molecule has 0 aliphatic heterocycles. The lowest BCUT2D eigenvalue weighted by Gasteiger charge is -2.15. The van der Waals surface area contributed by atoms with Crippen LogP contribution in [0.2, 0.25) is 0 Å². The first-order valence-electron chi connectivity index (χ1n) is 12.3. The van der Waals surface area contributed by atoms with Gasteiger partial charge in [0, 0.05) is 17.4 Å². The summed E-state index contributed by atoms with van der Waals surface area (Å²) in [7, 11) is -7.74. The fourth-order valence-corrected chi connectivity index (χ4v) is 5.80. The topological polar surface area (TPSA) is 107 Å². The number of nitrogens with one attached hydrogen (secondary N) is 1. The van der Waals surface area contributed by atoms with Gasteiger partial charge < -0.3 is 4.74 Å². The Hall–Kier alpha value is -3.95. The van der Waals surface area contributed by atoms with Gasteiger partial charge in [0.25, 0.3) is 15.9 Å². The molecule has 4 aromatic carbocycles. The van der Waals surface area contributed by atoms with E-state index in [0.717, 1.165) is 35.1 Å². The van der Waals surface area contributed by atoms with Gasteiger partial charge in [-0.1, -0.05) is 60.7 Å². The van der Waals surface area contributed by atoms with Crippen molar-refractivity contribution in [1.82, 2.24) is 4.72 Å². The zero-order valence-corrected chi connectivity index (χ0v) is 23.3. The van der Waals surface area contributed by atoms with E-state index in [1.54, 1.807) is 12.1 Å². The monoisotopic (exact) mass is 563 g/mol. The summed E-state index contributed by atoms with van der Waals surface area (Å²) in [6.45, 7) is 2.41. The van der Waals surface area contributed by atoms with Crippen LogP contribution < -0.4 is 9.46 Å². The first kappa shape index (κ1) is 28.1. The Morgan fingerprint density at radius 2 is 1.41 bits per heavy atom. The summed E-state index contributed by atoms with van der Waals surface area (Å²) < 4.78 is 57.3. The first-order valence-corrected chi connectivity index (χ1v) is 15.7. The molecule has 4 rings (SSSR count). The van der Waals surface area contributed by atoms with Gasteiger partial charge in [0.15, 0.2) is 9.84 Å². The van der Waals surface area contributed by atoms with Crippen LogP contribution in [0.5, 0.6) is 5.75 Å². The van der Waals surface area contributed by atoms with E-state index >= 15 is 0 Å². The number of sulfonamides is 1. The standard InChI is InChI=1S/C30H29NO6S2/c1-3-37-29-12-8-7-11-27(29)23-15-20-28(24(21-23)14-13-22-9-5-4-6-10-22)30(32)31-39(35,36)26-18-16-25(17-19-26)38(2,33)34/h4-12,15-21H,3,13-14H2,1-2H3,(H,31,32). The zero-order chi connectivity index (χ0) is 28.0. The molecule has 0 heterocycles. The van der Waals surface area contributed by atoms with E-state index in [-0.39, 0.29) is 15.4 Å². The fourth-order valence-electron chi connectivity index (χ4n) is 4.20. The van der Waals surface area contributed by atoms with Crippen LogP contribution in [0.25, 0.3) is 11.1 Å². The highest BCUT2D eigenvalue weighted by Crippen LogP contribution is 2.32. The highest BCUT2D eigenvalue weighted by atomic mass is 32.2. The van der Waals surface area contributed by atoms with E-state index in [0.29, 0.717) is 30.8 Å². The third-order valence-electron chi connectivity index (χ3n) is 6.16. The van der Waals surface area contributed by atoms with Gasteiger partial charge in [0.05, 0.1) is 16.4 Å². The SMILES string of the molecule is CCOc1ccccc1-c1ccc(C(=O)NS(=O)(=O)c2ccc(S(C)(=O)=O)cc2)c(CCc2ccccc2)c1. The van der Waals surface area contributed by atoms with Crippen molar-refractivity contribution in [2.24, 2.45) is 0 Å². The number of sulfone groups is 1. The van der Waals surface area contributed by atoms with Gasteiger partial charge in [-0.25, -0.2) is 21.6 Å². The summed E-state index contributed by atoms with van der Waals surface area (Å²) >= 11 is 0. The molecule has 0 spiro atoms. The van der Waals surface area contributed by atoms with Gasteiger partial charge in [-0.2, -0.15) is 0 Å². The molecule has 1 N–H and O–H groups in total. The van der Waals surface area contributed by atoms with Crippen LogP contribution in [0.1, 0.15) is 28.4 Å². The maximum absolute atomic E-state index is 13.3. The molecule has 0 saturated carbocycles. The Balaban J connectivity index is 1.67. The molecule has 7 nitrogen and oxygen atoms in total. The van der Waals surface area contributed by atoms with Gasteiger partial charge in [-0.05, 0) is 72.9 Å². The molecule has 0 aliphatic carbocycles. The number of ether oxygens (including phenoxy) is 1. The number of hydrogen-bond acceptors (Lipinski definition) is 6. The number of rotatable bonds is 10. The number of carbonyl (C=O) groups is 1. The van der Waals surface area contributed by atoms with E-state index in [1.165, 1.54) is 12.1 Å². The minimum Gasteiger partial charge on any atom is -0.493 e. The van der Waals surface area contributed by atoms with Gasteiger partial charge in [-0.15, -0.1) is 0 Å². The molecule has 9 heteroatoms. The summed E-state index contributed by atoms with van der Waals surface area (Å²) in [6.07, 6.45) is 2.18. The highest BCUT2D eigenvalue weighted by Gasteiger charge is 2.22. The maximum Gasteiger partial charge on any atom is 0.265 e. The van der Waals surface area contributed by atoms with Crippen molar-refractivity contribution in [3.63, 3.8) is 0 Å². The second-order valence-corrected chi connectivity index (χ2v) is 12.7. The lowest BCUT2D eigenvalue weighted by molar-refractivity contribution is 0.0980. The quantitative estimate of drug-likeness (QED) is 0.289. The van der Waals surface area contributed by atoms with E-state index in [1.807, 2.05) is 67.6 Å². The zero-order valence-electron chi connectivity index (χ0n) is 21.6. The van der Waals surface area contributed by atoms with Crippen molar-refractivity contribution >= 4 is 25.8 Å². The number of carbonyl (C=O) groups excluding carboxylic acids is 1. The van der Waals surface area contributed by atoms with Crippen LogP contribution >= 0.6 is 0 Å². The number of benzene rings is 4.